The van der Waals surface area contributed by atoms with Crippen LogP contribution in [0.1, 0.15) is 134 Å². The Morgan fingerprint density at radius 2 is 1.51 bits per heavy atom. The predicted molar refractivity (Wildman–Crippen MR) is 157 cm³/mol. The molecule has 0 saturated carbocycles. The Bertz CT molecular complexity index is 829. The van der Waals surface area contributed by atoms with Gasteiger partial charge in [-0.3, -0.25) is 9.78 Å². The molecule has 1 aromatic rings. The van der Waals surface area contributed by atoms with Crippen LogP contribution in [0.15, 0.2) is 6.20 Å². The van der Waals surface area contributed by atoms with Crippen LogP contribution in [-0.2, 0) is 22.7 Å². The van der Waals surface area contributed by atoms with E-state index in [0.717, 1.165) is 54.0 Å². The van der Waals surface area contributed by atoms with E-state index in [1.54, 1.807) is 0 Å². The molecule has 1 aliphatic heterocycles. The van der Waals surface area contributed by atoms with Crippen LogP contribution in [0.4, 0.5) is 0 Å². The van der Waals surface area contributed by atoms with Crippen molar-refractivity contribution < 1.29 is 31.2 Å². The molecule has 1 N–H and O–H groups in total. The summed E-state index contributed by atoms with van der Waals surface area (Å²) in [7, 11) is 4.46. The molecule has 0 bridgehead atoms. The highest BCUT2D eigenvalue weighted by Gasteiger charge is 2.32. The largest absolute Gasteiger partial charge is 1.00 e. The molecule has 2 rings (SSSR count). The summed E-state index contributed by atoms with van der Waals surface area (Å²) in [5.74, 6) is 0.458. The maximum absolute atomic E-state index is 12.3. The molecule has 0 aromatic carbocycles. The number of hydrogen-bond donors (Lipinski definition) is 1. The van der Waals surface area contributed by atoms with Crippen molar-refractivity contribution in [3.8, 4) is 5.75 Å². The van der Waals surface area contributed by atoms with Crippen molar-refractivity contribution >= 4 is 5.91 Å². The number of amides is 1. The quantitative estimate of drug-likeness (QED) is 0.185. The van der Waals surface area contributed by atoms with Crippen LogP contribution in [0.5, 0.6) is 5.75 Å². The molecule has 7 heteroatoms. The number of hydrogen-bond acceptors (Lipinski definition) is 4. The van der Waals surface area contributed by atoms with Gasteiger partial charge in [-0.15, -0.1) is 0 Å². The zero-order valence-corrected chi connectivity index (χ0v) is 26.8. The molecule has 0 fully saturated rings. The molecule has 1 aromatic heterocycles. The molecule has 39 heavy (non-hydrogen) atoms. The van der Waals surface area contributed by atoms with Crippen LogP contribution in [0.25, 0.3) is 0 Å². The van der Waals surface area contributed by atoms with Crippen molar-refractivity contribution in [2.75, 3.05) is 27.2 Å². The van der Waals surface area contributed by atoms with Gasteiger partial charge < -0.3 is 31.7 Å². The molecule has 0 saturated heterocycles. The van der Waals surface area contributed by atoms with E-state index in [1.807, 2.05) is 27.0 Å². The van der Waals surface area contributed by atoms with Gasteiger partial charge in [-0.05, 0) is 13.3 Å². The summed E-state index contributed by atoms with van der Waals surface area (Å²) in [6.45, 7) is 11.3. The average Bonchev–Trinajstić information content (AvgIpc) is 2.86. The van der Waals surface area contributed by atoms with Crippen LogP contribution in [-0.4, -0.2) is 48.3 Å². The minimum Gasteiger partial charge on any atom is -1.00 e. The molecule has 1 amide bonds. The first kappa shape index (κ1) is 35.7. The number of fused-ring (bicyclic) bond motifs is 1. The lowest BCUT2D eigenvalue weighted by Crippen LogP contribution is -3.00. The molecule has 0 atom stereocenters. The Hall–Kier alpha value is -1.37. The molecule has 1 aliphatic rings. The molecule has 6 nitrogen and oxygen atoms in total. The Labute approximate surface area is 246 Å². The van der Waals surface area contributed by atoms with Gasteiger partial charge >= 0.3 is 0 Å². The summed E-state index contributed by atoms with van der Waals surface area (Å²) < 4.78 is 12.8. The maximum atomic E-state index is 12.3. The van der Waals surface area contributed by atoms with Crippen molar-refractivity contribution in [1.29, 1.82) is 0 Å². The molecule has 0 aliphatic carbocycles. The van der Waals surface area contributed by atoms with Gasteiger partial charge in [-0.25, -0.2) is 0 Å². The van der Waals surface area contributed by atoms with Gasteiger partial charge in [0.05, 0.1) is 32.9 Å². The zero-order chi connectivity index (χ0) is 27.9. The number of carbonyl (C=O) groups excluding carboxylic acids is 1. The van der Waals surface area contributed by atoms with Crippen molar-refractivity contribution in [3.05, 3.63) is 23.0 Å². The number of ether oxygens (including phenoxy) is 2. The molecule has 0 spiro atoms. The van der Waals surface area contributed by atoms with Gasteiger partial charge in [0, 0.05) is 50.6 Å². The van der Waals surface area contributed by atoms with Crippen molar-refractivity contribution in [1.82, 2.24) is 10.3 Å². The Morgan fingerprint density at radius 3 is 2.10 bits per heavy atom. The monoisotopic (exact) mass is 567 g/mol. The minimum atomic E-state index is -0.617. The number of nitrogens with zero attached hydrogens (tertiary/aromatic N) is 2. The molecule has 2 heterocycles. The summed E-state index contributed by atoms with van der Waals surface area (Å²) in [5.41, 5.74) is 3.21. The first-order chi connectivity index (χ1) is 18.1. The third-order valence-corrected chi connectivity index (χ3v) is 7.68. The van der Waals surface area contributed by atoms with Crippen molar-refractivity contribution in [2.24, 2.45) is 0 Å². The fourth-order valence-corrected chi connectivity index (χ4v) is 5.29. The first-order valence-electron chi connectivity index (χ1n) is 15.5. The van der Waals surface area contributed by atoms with Crippen molar-refractivity contribution in [2.45, 2.75) is 143 Å². The van der Waals surface area contributed by atoms with E-state index in [1.165, 1.54) is 82.6 Å². The Kier molecular flexibility index (Phi) is 17.3. The number of aromatic nitrogens is 1. The summed E-state index contributed by atoms with van der Waals surface area (Å²) >= 11 is 0. The second-order valence-corrected chi connectivity index (χ2v) is 12.5. The number of nitrogens with one attached hydrogen (secondary N) is 1. The Balaban J connectivity index is 0.00000760. The fourth-order valence-electron chi connectivity index (χ4n) is 5.29. The third kappa shape index (κ3) is 14.7. The van der Waals surface area contributed by atoms with Gasteiger partial charge in [0.25, 0.3) is 0 Å². The van der Waals surface area contributed by atoms with E-state index >= 15 is 0 Å². The highest BCUT2D eigenvalue weighted by molar-refractivity contribution is 5.75. The lowest BCUT2D eigenvalue weighted by atomic mass is 10.0. The normalized spacial score (nSPS) is 14.3. The SMILES string of the molecule is CCCCCCCCCCCCCCCC(=O)NCCC[N+](C)(C)Cc1cnc(C)c2c1COC(C)(C)O2.[Cl-]. The zero-order valence-electron chi connectivity index (χ0n) is 26.0. The average molecular weight is 568 g/mol. The van der Waals surface area contributed by atoms with E-state index in [-0.39, 0.29) is 18.3 Å². The van der Waals surface area contributed by atoms with Gasteiger partial charge in [0.2, 0.25) is 11.7 Å². The third-order valence-electron chi connectivity index (χ3n) is 7.68. The van der Waals surface area contributed by atoms with Gasteiger partial charge in [-0.2, -0.15) is 0 Å². The van der Waals surface area contributed by atoms with Crippen LogP contribution in [0.3, 0.4) is 0 Å². The summed E-state index contributed by atoms with van der Waals surface area (Å²) in [5, 5.41) is 3.13. The maximum Gasteiger partial charge on any atom is 0.219 e. The standard InChI is InChI=1S/C32H57N3O3.ClH/c1-7-8-9-10-11-12-13-14-15-16-17-18-19-21-30(36)33-22-20-23-35(5,6)25-28-24-34-27(2)31-29(28)26-37-32(3,4)38-31;/h24H,7-23,25-26H2,1-6H3;1H. The molecule has 0 radical (unpaired) electrons. The highest BCUT2D eigenvalue weighted by atomic mass is 35.5. The number of halogens is 1. The van der Waals surface area contributed by atoms with Crippen LogP contribution in [0.2, 0.25) is 0 Å². The molecular weight excluding hydrogens is 510 g/mol. The summed E-state index contributed by atoms with van der Waals surface area (Å²) in [6.07, 6.45) is 20.9. The lowest BCUT2D eigenvalue weighted by Gasteiger charge is -2.36. The van der Waals surface area contributed by atoms with E-state index in [2.05, 4.69) is 31.3 Å². The molecular formula is C32H58ClN3O3. The van der Waals surface area contributed by atoms with Gasteiger partial charge in [0.1, 0.15) is 12.3 Å². The predicted octanol–water partition coefficient (Wildman–Crippen LogP) is 4.60. The molecule has 226 valence electrons. The minimum absolute atomic E-state index is 0. The number of rotatable bonds is 20. The van der Waals surface area contributed by atoms with E-state index < -0.39 is 5.79 Å². The summed E-state index contributed by atoms with van der Waals surface area (Å²) in [4.78, 5) is 16.8. The van der Waals surface area contributed by atoms with Crippen LogP contribution in [0, 0.1) is 6.92 Å². The topological polar surface area (TPSA) is 60.5 Å². The number of carbonyl (C=O) groups is 1. The molecule has 0 unspecified atom stereocenters. The second-order valence-electron chi connectivity index (χ2n) is 12.5. The van der Waals surface area contributed by atoms with E-state index in [0.29, 0.717) is 13.0 Å². The van der Waals surface area contributed by atoms with Gasteiger partial charge in [-0.1, -0.05) is 84.0 Å². The highest BCUT2D eigenvalue weighted by Crippen LogP contribution is 2.35. The van der Waals surface area contributed by atoms with Gasteiger partial charge in [0.15, 0.2) is 0 Å². The number of quaternary nitrogens is 1. The number of unbranched alkanes of at least 4 members (excludes halogenated alkanes) is 12. The van der Waals surface area contributed by atoms with Crippen molar-refractivity contribution in [3.63, 3.8) is 0 Å². The van der Waals surface area contributed by atoms with E-state index in [4.69, 9.17) is 9.47 Å². The Morgan fingerprint density at radius 1 is 0.949 bits per heavy atom. The lowest BCUT2D eigenvalue weighted by molar-refractivity contribution is -0.903. The fraction of sp³-hybridized carbons (Fsp3) is 0.812. The second kappa shape index (κ2) is 18.9. The number of pyridine rings is 1. The van der Waals surface area contributed by atoms with Crippen LogP contribution >= 0.6 is 0 Å². The smallest absolute Gasteiger partial charge is 0.219 e. The van der Waals surface area contributed by atoms with Crippen LogP contribution < -0.4 is 22.5 Å². The summed E-state index contributed by atoms with van der Waals surface area (Å²) in [6, 6.07) is 0. The number of aryl methyl sites for hydroxylation is 1. The first-order valence-corrected chi connectivity index (χ1v) is 15.5. The van der Waals surface area contributed by atoms with E-state index in [9.17, 15) is 4.79 Å².